The first-order chi connectivity index (χ1) is 10.2. The van der Waals surface area contributed by atoms with Crippen LogP contribution in [-0.2, 0) is 10.2 Å². The van der Waals surface area contributed by atoms with Crippen molar-refractivity contribution >= 4 is 17.5 Å². The summed E-state index contributed by atoms with van der Waals surface area (Å²) in [6, 6.07) is 6.28. The Balaban J connectivity index is 2.57. The Labute approximate surface area is 127 Å². The number of H-pyrrole nitrogens is 1. The number of carbonyl (C=O) groups is 1. The number of hydrogen-bond acceptors (Lipinski definition) is 4. The maximum absolute atomic E-state index is 11.2. The largest absolute Gasteiger partial charge is 0.327 e. The highest BCUT2D eigenvalue weighted by Crippen LogP contribution is 2.33. The van der Waals surface area contributed by atoms with E-state index in [-0.39, 0.29) is 17.0 Å². The van der Waals surface area contributed by atoms with Crippen molar-refractivity contribution in [3.8, 4) is 11.3 Å². The number of anilines is 1. The molecule has 0 saturated carbocycles. The second-order valence-electron chi connectivity index (χ2n) is 6.05. The number of nitro groups is 1. The molecule has 0 aliphatic heterocycles. The molecule has 0 radical (unpaired) electrons. The number of hydrogen-bond donors (Lipinski definition) is 2. The Morgan fingerprint density at radius 1 is 1.36 bits per heavy atom. The molecule has 7 heteroatoms. The lowest BCUT2D eigenvalue weighted by molar-refractivity contribution is -0.384. The molecule has 0 fully saturated rings. The van der Waals surface area contributed by atoms with Crippen LogP contribution in [0.5, 0.6) is 0 Å². The number of aromatic nitrogens is 2. The predicted octanol–water partition coefficient (Wildman–Crippen LogP) is 3.24. The van der Waals surface area contributed by atoms with Gasteiger partial charge < -0.3 is 4.98 Å². The molecule has 22 heavy (non-hydrogen) atoms. The van der Waals surface area contributed by atoms with Crippen LogP contribution in [-0.4, -0.2) is 20.8 Å². The summed E-state index contributed by atoms with van der Waals surface area (Å²) in [5.74, 6) is 0.0960. The molecule has 0 unspecified atom stereocenters. The topological polar surface area (TPSA) is 101 Å². The molecule has 7 nitrogen and oxygen atoms in total. The first-order valence-corrected chi connectivity index (χ1v) is 6.81. The van der Waals surface area contributed by atoms with Gasteiger partial charge >= 0.3 is 0 Å². The highest BCUT2D eigenvalue weighted by atomic mass is 16.6. The number of carbonyl (C=O) groups excluding carboxylic acids is 1. The van der Waals surface area contributed by atoms with E-state index < -0.39 is 4.92 Å². The lowest BCUT2D eigenvalue weighted by Gasteiger charge is -2.18. The molecule has 1 amide bonds. The minimum absolute atomic E-state index is 0.00133. The summed E-state index contributed by atoms with van der Waals surface area (Å²) in [5, 5.41) is 13.5. The Morgan fingerprint density at radius 3 is 2.59 bits per heavy atom. The Hall–Kier alpha value is -2.70. The lowest BCUT2D eigenvalue weighted by atomic mass is 9.89. The number of non-ortho nitro benzene ring substituents is 1. The first kappa shape index (κ1) is 15.7. The van der Waals surface area contributed by atoms with E-state index in [9.17, 15) is 14.9 Å². The van der Waals surface area contributed by atoms with Gasteiger partial charge in [0, 0.05) is 35.7 Å². The van der Waals surface area contributed by atoms with Gasteiger partial charge in [0.1, 0.15) is 0 Å². The second kappa shape index (κ2) is 5.59. The molecule has 1 heterocycles. The van der Waals surface area contributed by atoms with Crippen molar-refractivity contribution in [2.75, 3.05) is 5.32 Å². The summed E-state index contributed by atoms with van der Waals surface area (Å²) in [5.41, 5.74) is 1.77. The fourth-order valence-corrected chi connectivity index (χ4v) is 2.12. The number of nitrogens with zero attached hydrogens (tertiary/aromatic N) is 2. The van der Waals surface area contributed by atoms with Gasteiger partial charge in [-0.05, 0) is 0 Å². The van der Waals surface area contributed by atoms with E-state index in [1.165, 1.54) is 19.1 Å². The van der Waals surface area contributed by atoms with Gasteiger partial charge in [-0.2, -0.15) is 0 Å². The normalized spacial score (nSPS) is 11.3. The zero-order valence-corrected chi connectivity index (χ0v) is 12.9. The molecule has 0 aliphatic rings. The zero-order chi connectivity index (χ0) is 16.5. The standard InChI is InChI=1S/C15H18N4O3/c1-9(20)16-14-17-12(13(18-14)15(2,3)4)10-6-5-7-11(8-10)19(21)22/h5-8H,1-4H3,(H2,16,17,18,20). The van der Waals surface area contributed by atoms with Gasteiger partial charge in [0.05, 0.1) is 10.6 Å². The Morgan fingerprint density at radius 2 is 2.05 bits per heavy atom. The van der Waals surface area contributed by atoms with Crippen LogP contribution in [0, 0.1) is 10.1 Å². The number of nitrogens with one attached hydrogen (secondary N) is 2. The van der Waals surface area contributed by atoms with Crippen LogP contribution in [0.4, 0.5) is 11.6 Å². The van der Waals surface area contributed by atoms with Crippen molar-refractivity contribution in [3.63, 3.8) is 0 Å². The van der Waals surface area contributed by atoms with Crippen LogP contribution >= 0.6 is 0 Å². The smallest absolute Gasteiger partial charge is 0.270 e. The zero-order valence-electron chi connectivity index (χ0n) is 12.9. The summed E-state index contributed by atoms with van der Waals surface area (Å²) in [4.78, 5) is 29.2. The summed E-state index contributed by atoms with van der Waals surface area (Å²) in [6.07, 6.45) is 0. The molecule has 2 N–H and O–H groups in total. The Kier molecular flexibility index (Phi) is 3.99. The Bertz CT molecular complexity index is 729. The monoisotopic (exact) mass is 302 g/mol. The molecule has 2 aromatic rings. The van der Waals surface area contributed by atoms with E-state index in [4.69, 9.17) is 0 Å². The second-order valence-corrected chi connectivity index (χ2v) is 6.05. The minimum Gasteiger partial charge on any atom is -0.327 e. The highest BCUT2D eigenvalue weighted by Gasteiger charge is 2.24. The van der Waals surface area contributed by atoms with Gasteiger partial charge in [0.25, 0.3) is 5.69 Å². The van der Waals surface area contributed by atoms with Gasteiger partial charge in [0.2, 0.25) is 11.9 Å². The van der Waals surface area contributed by atoms with E-state index in [2.05, 4.69) is 15.3 Å². The van der Waals surface area contributed by atoms with Crippen molar-refractivity contribution in [1.82, 2.24) is 9.97 Å². The number of imidazole rings is 1. The quantitative estimate of drug-likeness (QED) is 0.671. The maximum Gasteiger partial charge on any atom is 0.270 e. The van der Waals surface area contributed by atoms with Crippen molar-refractivity contribution in [1.29, 1.82) is 0 Å². The molecule has 0 atom stereocenters. The third kappa shape index (κ3) is 3.30. The predicted molar refractivity (Wildman–Crippen MR) is 83.7 cm³/mol. The van der Waals surface area contributed by atoms with Crippen LogP contribution in [0.2, 0.25) is 0 Å². The van der Waals surface area contributed by atoms with E-state index in [1.807, 2.05) is 20.8 Å². The van der Waals surface area contributed by atoms with Crippen molar-refractivity contribution in [2.24, 2.45) is 0 Å². The average Bonchev–Trinajstić information content (AvgIpc) is 2.82. The van der Waals surface area contributed by atoms with Crippen LogP contribution in [0.25, 0.3) is 11.3 Å². The van der Waals surface area contributed by atoms with Crippen LogP contribution in [0.1, 0.15) is 33.4 Å². The van der Waals surface area contributed by atoms with Crippen LogP contribution in [0.15, 0.2) is 24.3 Å². The SMILES string of the molecule is CC(=O)Nc1nc(-c2cccc([N+](=O)[O-])c2)c(C(C)(C)C)[nH]1. The third-order valence-corrected chi connectivity index (χ3v) is 3.08. The maximum atomic E-state index is 11.2. The van der Waals surface area contributed by atoms with E-state index in [0.717, 1.165) is 5.69 Å². The molecule has 0 aliphatic carbocycles. The molecule has 1 aromatic heterocycles. The molecular weight excluding hydrogens is 284 g/mol. The summed E-state index contributed by atoms with van der Waals surface area (Å²) >= 11 is 0. The van der Waals surface area contributed by atoms with E-state index in [0.29, 0.717) is 17.2 Å². The summed E-state index contributed by atoms with van der Waals surface area (Å²) in [7, 11) is 0. The van der Waals surface area contributed by atoms with Gasteiger partial charge in [-0.1, -0.05) is 32.9 Å². The average molecular weight is 302 g/mol. The van der Waals surface area contributed by atoms with E-state index in [1.54, 1.807) is 12.1 Å². The minimum atomic E-state index is -0.443. The fraction of sp³-hybridized carbons (Fsp3) is 0.333. The summed E-state index contributed by atoms with van der Waals surface area (Å²) in [6.45, 7) is 7.39. The number of benzene rings is 1. The molecule has 0 spiro atoms. The molecule has 0 bridgehead atoms. The van der Waals surface area contributed by atoms with Crippen molar-refractivity contribution in [2.45, 2.75) is 33.1 Å². The molecule has 0 saturated heterocycles. The number of nitro benzene ring substituents is 1. The van der Waals surface area contributed by atoms with Crippen LogP contribution < -0.4 is 5.32 Å². The molecule has 1 aromatic carbocycles. The lowest BCUT2D eigenvalue weighted by Crippen LogP contribution is -2.13. The van der Waals surface area contributed by atoms with Gasteiger partial charge in [-0.25, -0.2) is 4.98 Å². The summed E-state index contributed by atoms with van der Waals surface area (Å²) < 4.78 is 0. The molecule has 116 valence electrons. The van der Waals surface area contributed by atoms with Gasteiger partial charge in [-0.15, -0.1) is 0 Å². The highest BCUT2D eigenvalue weighted by molar-refractivity contribution is 5.87. The van der Waals surface area contributed by atoms with Gasteiger partial charge in [0.15, 0.2) is 0 Å². The third-order valence-electron chi connectivity index (χ3n) is 3.08. The number of aromatic amines is 1. The van der Waals surface area contributed by atoms with Gasteiger partial charge in [-0.3, -0.25) is 20.2 Å². The van der Waals surface area contributed by atoms with E-state index >= 15 is 0 Å². The first-order valence-electron chi connectivity index (χ1n) is 6.81. The molecule has 2 rings (SSSR count). The fourth-order valence-electron chi connectivity index (χ4n) is 2.12. The van der Waals surface area contributed by atoms with Crippen molar-refractivity contribution in [3.05, 3.63) is 40.1 Å². The van der Waals surface area contributed by atoms with Crippen molar-refractivity contribution < 1.29 is 9.72 Å². The van der Waals surface area contributed by atoms with Crippen LogP contribution in [0.3, 0.4) is 0 Å². The number of rotatable bonds is 3. The number of amides is 1. The molecular formula is C15H18N4O3.